The van der Waals surface area contributed by atoms with E-state index in [4.69, 9.17) is 17.0 Å². The van der Waals surface area contributed by atoms with Crippen LogP contribution in [0.25, 0.3) is 0 Å². The summed E-state index contributed by atoms with van der Waals surface area (Å²) in [4.78, 5) is 12.3. The van der Waals surface area contributed by atoms with Gasteiger partial charge in [-0.3, -0.25) is 0 Å². The van der Waals surface area contributed by atoms with Crippen LogP contribution in [0.15, 0.2) is 35.5 Å². The summed E-state index contributed by atoms with van der Waals surface area (Å²) in [6, 6.07) is 6.30. The molecule has 5 nitrogen and oxygen atoms in total. The first-order chi connectivity index (χ1) is 9.90. The second-order valence-corrected chi connectivity index (χ2v) is 5.49. The molecule has 1 aliphatic heterocycles. The zero-order chi connectivity index (χ0) is 15.6. The Balaban J connectivity index is 2.46. The van der Waals surface area contributed by atoms with Crippen LogP contribution in [0.2, 0.25) is 0 Å². The van der Waals surface area contributed by atoms with Crippen molar-refractivity contribution < 1.29 is 14.6 Å². The molecule has 0 saturated heterocycles. The van der Waals surface area contributed by atoms with Crippen LogP contribution in [-0.4, -0.2) is 22.3 Å². The number of ether oxygens (including phenoxy) is 1. The predicted octanol–water partition coefficient (Wildman–Crippen LogP) is 2.14. The fourth-order valence-corrected chi connectivity index (χ4v) is 2.48. The molecule has 1 aromatic rings. The topological polar surface area (TPSA) is 70.6 Å². The number of carbonyl (C=O) groups is 1. The molecule has 0 fully saturated rings. The van der Waals surface area contributed by atoms with Crippen molar-refractivity contribution >= 4 is 23.3 Å². The molecule has 1 unspecified atom stereocenters. The van der Waals surface area contributed by atoms with E-state index in [1.807, 2.05) is 0 Å². The molecule has 1 heterocycles. The highest BCUT2D eigenvalue weighted by molar-refractivity contribution is 7.80. The van der Waals surface area contributed by atoms with Gasteiger partial charge in [-0.1, -0.05) is 18.2 Å². The molecule has 6 heteroatoms. The lowest BCUT2D eigenvalue weighted by Crippen LogP contribution is -2.45. The first kappa shape index (κ1) is 15.3. The number of aromatic hydroxyl groups is 1. The highest BCUT2D eigenvalue weighted by atomic mass is 32.1. The first-order valence-corrected chi connectivity index (χ1v) is 7.08. The maximum absolute atomic E-state index is 12.3. The van der Waals surface area contributed by atoms with Gasteiger partial charge < -0.3 is 20.5 Å². The monoisotopic (exact) mass is 306 g/mol. The third-order valence-corrected chi connectivity index (χ3v) is 3.30. The first-order valence-electron chi connectivity index (χ1n) is 6.67. The number of rotatable bonds is 3. The summed E-state index contributed by atoms with van der Waals surface area (Å²) in [5.74, 6) is -0.333. The van der Waals surface area contributed by atoms with E-state index in [9.17, 15) is 9.90 Å². The molecule has 0 bridgehead atoms. The van der Waals surface area contributed by atoms with Crippen LogP contribution < -0.4 is 10.6 Å². The lowest BCUT2D eigenvalue weighted by atomic mass is 9.95. The van der Waals surface area contributed by atoms with Crippen molar-refractivity contribution in [2.45, 2.75) is 32.9 Å². The van der Waals surface area contributed by atoms with Crippen LogP contribution in [0.4, 0.5) is 0 Å². The predicted molar refractivity (Wildman–Crippen MR) is 83.6 cm³/mol. The summed E-state index contributed by atoms with van der Waals surface area (Å²) in [5.41, 5.74) is 1.62. The van der Waals surface area contributed by atoms with Crippen LogP contribution in [0, 0.1) is 0 Å². The Morgan fingerprint density at radius 3 is 2.67 bits per heavy atom. The van der Waals surface area contributed by atoms with Crippen molar-refractivity contribution in [3.05, 3.63) is 41.1 Å². The van der Waals surface area contributed by atoms with Gasteiger partial charge in [0.25, 0.3) is 0 Å². The van der Waals surface area contributed by atoms with Crippen LogP contribution in [-0.2, 0) is 9.53 Å². The van der Waals surface area contributed by atoms with Crippen molar-refractivity contribution in [3.8, 4) is 5.75 Å². The van der Waals surface area contributed by atoms with Crippen molar-refractivity contribution in [2.24, 2.45) is 0 Å². The summed E-state index contributed by atoms with van der Waals surface area (Å²) in [7, 11) is 0. The van der Waals surface area contributed by atoms with Gasteiger partial charge in [-0.05, 0) is 39.1 Å². The number of esters is 1. The zero-order valence-corrected chi connectivity index (χ0v) is 13.0. The molecule has 0 aliphatic carbocycles. The van der Waals surface area contributed by atoms with Gasteiger partial charge in [-0.15, -0.1) is 0 Å². The van der Waals surface area contributed by atoms with Gasteiger partial charge in [0.2, 0.25) is 0 Å². The molecular weight excluding hydrogens is 288 g/mol. The molecule has 1 aromatic carbocycles. The molecule has 21 heavy (non-hydrogen) atoms. The largest absolute Gasteiger partial charge is 0.508 e. The number of benzene rings is 1. The Hall–Kier alpha value is -2.08. The van der Waals surface area contributed by atoms with E-state index in [-0.39, 0.29) is 11.9 Å². The quantitative estimate of drug-likeness (QED) is 0.587. The van der Waals surface area contributed by atoms with Crippen molar-refractivity contribution in [1.82, 2.24) is 10.6 Å². The maximum atomic E-state index is 12.3. The van der Waals surface area contributed by atoms with E-state index < -0.39 is 12.0 Å². The normalized spacial score (nSPS) is 18.3. The molecule has 0 amide bonds. The Labute approximate surface area is 129 Å². The third kappa shape index (κ3) is 3.33. The summed E-state index contributed by atoms with van der Waals surface area (Å²) in [6.07, 6.45) is -0.225. The summed E-state index contributed by atoms with van der Waals surface area (Å²) in [5, 5.41) is 16.4. The van der Waals surface area contributed by atoms with Crippen molar-refractivity contribution in [2.75, 3.05) is 0 Å². The van der Waals surface area contributed by atoms with Gasteiger partial charge in [-0.2, -0.15) is 0 Å². The molecule has 112 valence electrons. The van der Waals surface area contributed by atoms with E-state index in [1.54, 1.807) is 45.0 Å². The van der Waals surface area contributed by atoms with Gasteiger partial charge in [0, 0.05) is 11.3 Å². The number of phenols is 1. The number of nitrogens with one attached hydrogen (secondary N) is 2. The smallest absolute Gasteiger partial charge is 0.338 e. The second kappa shape index (κ2) is 6.13. The molecule has 1 aliphatic rings. The lowest BCUT2D eigenvalue weighted by molar-refractivity contribution is -0.143. The van der Waals surface area contributed by atoms with Gasteiger partial charge in [0.1, 0.15) is 5.75 Å². The van der Waals surface area contributed by atoms with E-state index in [1.165, 1.54) is 0 Å². The summed E-state index contributed by atoms with van der Waals surface area (Å²) < 4.78 is 5.29. The zero-order valence-electron chi connectivity index (χ0n) is 12.1. The Kier molecular flexibility index (Phi) is 4.47. The standard InChI is InChI=1S/C15H18N2O3S/c1-8(2)20-14(19)12-9(3)16-15(21)17-13(12)10-6-4-5-7-11(10)18/h4-8,13,18H,1-3H3,(H2,16,17,21). The lowest BCUT2D eigenvalue weighted by Gasteiger charge is -2.30. The maximum Gasteiger partial charge on any atom is 0.338 e. The van der Waals surface area contributed by atoms with Crippen molar-refractivity contribution in [1.29, 1.82) is 0 Å². The highest BCUT2D eigenvalue weighted by Crippen LogP contribution is 2.32. The fraction of sp³-hybridized carbons (Fsp3) is 0.333. The second-order valence-electron chi connectivity index (χ2n) is 5.08. The number of carbonyl (C=O) groups excluding carboxylic acids is 1. The molecular formula is C15H18N2O3S. The molecule has 2 rings (SSSR count). The van der Waals surface area contributed by atoms with Crippen LogP contribution in [0.5, 0.6) is 5.75 Å². The number of phenolic OH excluding ortho intramolecular Hbond substituents is 1. The summed E-state index contributed by atoms with van der Waals surface area (Å²) >= 11 is 5.14. The molecule has 0 radical (unpaired) electrons. The SMILES string of the molecule is CC1=C(C(=O)OC(C)C)C(c2ccccc2O)NC(=S)N1. The minimum Gasteiger partial charge on any atom is -0.508 e. The van der Waals surface area contributed by atoms with E-state index in [0.717, 1.165) is 0 Å². The number of para-hydroxylation sites is 1. The number of hydrogen-bond donors (Lipinski definition) is 3. The number of thiocarbonyl (C=S) groups is 1. The van der Waals surface area contributed by atoms with E-state index >= 15 is 0 Å². The summed E-state index contributed by atoms with van der Waals surface area (Å²) in [6.45, 7) is 5.34. The number of hydrogen-bond acceptors (Lipinski definition) is 4. The minimum atomic E-state index is -0.536. The average Bonchev–Trinajstić information content (AvgIpc) is 2.37. The third-order valence-electron chi connectivity index (χ3n) is 3.08. The van der Waals surface area contributed by atoms with Crippen LogP contribution in [0.3, 0.4) is 0 Å². The Bertz CT molecular complexity index is 611. The van der Waals surface area contributed by atoms with Gasteiger partial charge in [-0.25, -0.2) is 4.79 Å². The van der Waals surface area contributed by atoms with Crippen LogP contribution in [0.1, 0.15) is 32.4 Å². The Morgan fingerprint density at radius 1 is 1.38 bits per heavy atom. The average molecular weight is 306 g/mol. The van der Waals surface area contributed by atoms with E-state index in [2.05, 4.69) is 10.6 Å². The van der Waals surface area contributed by atoms with Gasteiger partial charge in [0.15, 0.2) is 5.11 Å². The Morgan fingerprint density at radius 2 is 2.05 bits per heavy atom. The van der Waals surface area contributed by atoms with Gasteiger partial charge >= 0.3 is 5.97 Å². The highest BCUT2D eigenvalue weighted by Gasteiger charge is 2.32. The fourth-order valence-electron chi connectivity index (χ4n) is 2.21. The van der Waals surface area contributed by atoms with Crippen LogP contribution >= 0.6 is 12.2 Å². The molecule has 0 aromatic heterocycles. The van der Waals surface area contributed by atoms with E-state index in [0.29, 0.717) is 21.9 Å². The number of allylic oxidation sites excluding steroid dienone is 1. The van der Waals surface area contributed by atoms with Gasteiger partial charge in [0.05, 0.1) is 17.7 Å². The minimum absolute atomic E-state index is 0.0994. The molecule has 0 spiro atoms. The molecule has 1 atom stereocenters. The molecule has 0 saturated carbocycles. The molecule has 3 N–H and O–H groups in total. The van der Waals surface area contributed by atoms with Crippen molar-refractivity contribution in [3.63, 3.8) is 0 Å².